The molecule has 0 bridgehead atoms. The fraction of sp³-hybridized carbons (Fsp3) is 0.105. The molecule has 0 spiro atoms. The lowest BCUT2D eigenvalue weighted by Crippen LogP contribution is -2.08. The number of hydrogen-bond donors (Lipinski definition) is 1. The maximum Gasteiger partial charge on any atom is 0.223 e. The quantitative estimate of drug-likeness (QED) is 0.565. The van der Waals surface area contributed by atoms with Gasteiger partial charge < -0.3 is 5.32 Å². The Morgan fingerprint density at radius 1 is 0.885 bits per heavy atom. The number of pyridine rings is 2. The number of aromatic nitrogens is 5. The molecule has 0 radical (unpaired) electrons. The predicted molar refractivity (Wildman–Crippen MR) is 103 cm³/mol. The van der Waals surface area contributed by atoms with Gasteiger partial charge in [-0.05, 0) is 30.3 Å². The van der Waals surface area contributed by atoms with Gasteiger partial charge in [0.1, 0.15) is 5.01 Å². The van der Waals surface area contributed by atoms with E-state index in [2.05, 4.69) is 35.6 Å². The molecule has 0 aliphatic carbocycles. The van der Waals surface area contributed by atoms with Crippen LogP contribution in [0, 0.1) is 0 Å². The molecule has 7 heteroatoms. The van der Waals surface area contributed by atoms with Crippen molar-refractivity contribution in [2.75, 3.05) is 11.9 Å². The second-order valence-corrected chi connectivity index (χ2v) is 6.40. The van der Waals surface area contributed by atoms with Gasteiger partial charge in [0.2, 0.25) is 5.95 Å². The first-order valence-corrected chi connectivity index (χ1v) is 9.09. The summed E-state index contributed by atoms with van der Waals surface area (Å²) >= 11 is 1.63. The van der Waals surface area contributed by atoms with Gasteiger partial charge in [-0.1, -0.05) is 6.07 Å². The Kier molecular flexibility index (Phi) is 4.88. The Hall–Kier alpha value is -3.19. The van der Waals surface area contributed by atoms with Gasteiger partial charge in [-0.2, -0.15) is 0 Å². The zero-order valence-corrected chi connectivity index (χ0v) is 14.7. The van der Waals surface area contributed by atoms with Gasteiger partial charge in [-0.3, -0.25) is 9.97 Å². The molecule has 4 aromatic rings. The zero-order valence-electron chi connectivity index (χ0n) is 13.9. The molecule has 0 unspecified atom stereocenters. The van der Waals surface area contributed by atoms with E-state index >= 15 is 0 Å². The van der Waals surface area contributed by atoms with E-state index in [0.717, 1.165) is 34.1 Å². The summed E-state index contributed by atoms with van der Waals surface area (Å²) in [6.45, 7) is 0.710. The molecule has 0 fully saturated rings. The minimum absolute atomic E-state index is 0.593. The standard InChI is InChI=1S/C19H16N6S/c1-2-9-21-16(5-1)17-7-11-23-19(25-17)22-10-6-15-13-26-18(24-15)14-4-3-8-20-12-14/h1-5,7-9,11-13H,6,10H2,(H,22,23,25). The van der Waals surface area contributed by atoms with E-state index in [1.54, 1.807) is 29.9 Å². The predicted octanol–water partition coefficient (Wildman–Crippen LogP) is 3.71. The van der Waals surface area contributed by atoms with E-state index in [1.165, 1.54) is 0 Å². The highest BCUT2D eigenvalue weighted by Gasteiger charge is 2.06. The lowest BCUT2D eigenvalue weighted by Gasteiger charge is -2.05. The van der Waals surface area contributed by atoms with Crippen molar-refractivity contribution in [1.82, 2.24) is 24.9 Å². The molecule has 0 saturated heterocycles. The number of hydrogen-bond acceptors (Lipinski definition) is 7. The van der Waals surface area contributed by atoms with Gasteiger partial charge in [0.05, 0.1) is 17.1 Å². The number of nitrogens with one attached hydrogen (secondary N) is 1. The van der Waals surface area contributed by atoms with Crippen LogP contribution in [-0.2, 0) is 6.42 Å². The van der Waals surface area contributed by atoms with Crippen LogP contribution >= 0.6 is 11.3 Å². The topological polar surface area (TPSA) is 76.5 Å². The fourth-order valence-corrected chi connectivity index (χ4v) is 3.29. The lowest BCUT2D eigenvalue weighted by atomic mass is 10.2. The Morgan fingerprint density at radius 2 is 1.88 bits per heavy atom. The number of thiazole rings is 1. The summed E-state index contributed by atoms with van der Waals surface area (Å²) in [5.74, 6) is 0.593. The van der Waals surface area contributed by atoms with Gasteiger partial charge >= 0.3 is 0 Å². The first-order valence-electron chi connectivity index (χ1n) is 8.21. The van der Waals surface area contributed by atoms with E-state index in [9.17, 15) is 0 Å². The van der Waals surface area contributed by atoms with E-state index in [0.29, 0.717) is 12.5 Å². The molecule has 26 heavy (non-hydrogen) atoms. The van der Waals surface area contributed by atoms with Gasteiger partial charge in [0, 0.05) is 48.7 Å². The molecular formula is C19H16N6S. The molecule has 4 aromatic heterocycles. The molecule has 128 valence electrons. The van der Waals surface area contributed by atoms with Crippen molar-refractivity contribution in [1.29, 1.82) is 0 Å². The van der Waals surface area contributed by atoms with E-state index in [1.807, 2.05) is 42.6 Å². The summed E-state index contributed by atoms with van der Waals surface area (Å²) < 4.78 is 0. The maximum atomic E-state index is 4.66. The van der Waals surface area contributed by atoms with Gasteiger partial charge in [0.15, 0.2) is 0 Å². The average molecular weight is 360 g/mol. The molecule has 1 N–H and O–H groups in total. The van der Waals surface area contributed by atoms with Crippen LogP contribution in [0.2, 0.25) is 0 Å². The third-order valence-electron chi connectivity index (χ3n) is 3.71. The molecule has 0 aliphatic rings. The third-order valence-corrected chi connectivity index (χ3v) is 4.65. The maximum absolute atomic E-state index is 4.66. The average Bonchev–Trinajstić information content (AvgIpc) is 3.19. The van der Waals surface area contributed by atoms with Gasteiger partial charge in [-0.15, -0.1) is 11.3 Å². The van der Waals surface area contributed by atoms with Crippen LogP contribution in [0.15, 0.2) is 66.6 Å². The summed E-state index contributed by atoms with van der Waals surface area (Å²) in [5.41, 5.74) is 3.72. The number of nitrogens with zero attached hydrogens (tertiary/aromatic N) is 5. The van der Waals surface area contributed by atoms with Crippen molar-refractivity contribution in [3.63, 3.8) is 0 Å². The zero-order chi connectivity index (χ0) is 17.6. The number of rotatable bonds is 6. The molecule has 0 aromatic carbocycles. The normalized spacial score (nSPS) is 10.6. The molecule has 0 amide bonds. The SMILES string of the molecule is c1ccc(-c2ccnc(NCCc3csc(-c4cccnc4)n3)n2)nc1. The Balaban J connectivity index is 1.38. The van der Waals surface area contributed by atoms with Crippen molar-refractivity contribution in [2.45, 2.75) is 6.42 Å². The molecule has 0 aliphatic heterocycles. The van der Waals surface area contributed by atoms with Crippen LogP contribution in [-0.4, -0.2) is 31.5 Å². The number of anilines is 1. The van der Waals surface area contributed by atoms with E-state index in [-0.39, 0.29) is 0 Å². The van der Waals surface area contributed by atoms with Crippen molar-refractivity contribution < 1.29 is 0 Å². The fourth-order valence-electron chi connectivity index (χ4n) is 2.45. The molecular weight excluding hydrogens is 344 g/mol. The monoisotopic (exact) mass is 360 g/mol. The molecule has 0 saturated carbocycles. The van der Waals surface area contributed by atoms with Gasteiger partial charge in [-0.25, -0.2) is 15.0 Å². The molecule has 4 heterocycles. The van der Waals surface area contributed by atoms with Gasteiger partial charge in [0.25, 0.3) is 0 Å². The molecule has 4 rings (SSSR count). The highest BCUT2D eigenvalue weighted by Crippen LogP contribution is 2.22. The summed E-state index contributed by atoms with van der Waals surface area (Å²) in [6.07, 6.45) is 7.89. The van der Waals surface area contributed by atoms with Crippen molar-refractivity contribution in [3.05, 3.63) is 72.3 Å². The van der Waals surface area contributed by atoms with Crippen LogP contribution in [0.5, 0.6) is 0 Å². The Morgan fingerprint density at radius 3 is 2.73 bits per heavy atom. The summed E-state index contributed by atoms with van der Waals surface area (Å²) in [6, 6.07) is 11.6. The first kappa shape index (κ1) is 16.3. The largest absolute Gasteiger partial charge is 0.354 e. The summed E-state index contributed by atoms with van der Waals surface area (Å²) in [5, 5.41) is 6.32. The highest BCUT2D eigenvalue weighted by molar-refractivity contribution is 7.13. The van der Waals surface area contributed by atoms with Crippen LogP contribution in [0.3, 0.4) is 0 Å². The lowest BCUT2D eigenvalue weighted by molar-refractivity contribution is 0.954. The smallest absolute Gasteiger partial charge is 0.223 e. The molecule has 0 atom stereocenters. The van der Waals surface area contributed by atoms with Crippen molar-refractivity contribution >= 4 is 17.3 Å². The Labute approximate surface area is 155 Å². The van der Waals surface area contributed by atoms with Crippen LogP contribution in [0.1, 0.15) is 5.69 Å². The second-order valence-electron chi connectivity index (χ2n) is 5.54. The summed E-state index contributed by atoms with van der Waals surface area (Å²) in [4.78, 5) is 21.9. The minimum Gasteiger partial charge on any atom is -0.354 e. The van der Waals surface area contributed by atoms with Crippen LogP contribution in [0.4, 0.5) is 5.95 Å². The van der Waals surface area contributed by atoms with Crippen LogP contribution in [0.25, 0.3) is 22.0 Å². The highest BCUT2D eigenvalue weighted by atomic mass is 32.1. The van der Waals surface area contributed by atoms with Crippen molar-refractivity contribution in [3.8, 4) is 22.0 Å². The van der Waals surface area contributed by atoms with E-state index < -0.39 is 0 Å². The van der Waals surface area contributed by atoms with E-state index in [4.69, 9.17) is 0 Å². The Bertz CT molecular complexity index is 972. The first-order chi connectivity index (χ1) is 12.9. The molecule has 6 nitrogen and oxygen atoms in total. The summed E-state index contributed by atoms with van der Waals surface area (Å²) in [7, 11) is 0. The third kappa shape index (κ3) is 3.89. The van der Waals surface area contributed by atoms with Crippen LogP contribution < -0.4 is 5.32 Å². The minimum atomic E-state index is 0.593. The van der Waals surface area contributed by atoms with Crippen molar-refractivity contribution in [2.24, 2.45) is 0 Å². The second kappa shape index (κ2) is 7.79.